The van der Waals surface area contributed by atoms with Crippen LogP contribution in [-0.4, -0.2) is 48.3 Å². The molecule has 1 atom stereocenters. The van der Waals surface area contributed by atoms with Gasteiger partial charge in [-0.2, -0.15) is 0 Å². The van der Waals surface area contributed by atoms with Crippen LogP contribution in [0.15, 0.2) is 48.5 Å². The first-order valence-electron chi connectivity index (χ1n) is 11.1. The number of aryl methyl sites for hydroxylation is 1. The van der Waals surface area contributed by atoms with E-state index in [4.69, 9.17) is 0 Å². The van der Waals surface area contributed by atoms with Crippen molar-refractivity contribution in [2.75, 3.05) is 19.6 Å². The molecule has 3 amide bonds. The lowest BCUT2D eigenvalue weighted by Crippen LogP contribution is -2.54. The van der Waals surface area contributed by atoms with Crippen LogP contribution in [0.1, 0.15) is 52.5 Å². The largest absolute Gasteiger partial charge is 0.354 e. The molecule has 2 aromatic carbocycles. The van der Waals surface area contributed by atoms with Gasteiger partial charge in [0.15, 0.2) is 0 Å². The van der Waals surface area contributed by atoms with Crippen molar-refractivity contribution in [2.24, 2.45) is 5.92 Å². The number of benzene rings is 2. The maximum Gasteiger partial charge on any atom is 0.253 e. The minimum atomic E-state index is -0.680. The second-order valence-corrected chi connectivity index (χ2v) is 8.25. The maximum atomic E-state index is 13.5. The maximum absolute atomic E-state index is 13.5. The fraction of sp³-hybridized carbons (Fsp3) is 0.400. The van der Waals surface area contributed by atoms with Gasteiger partial charge in [0.05, 0.1) is 0 Å². The predicted molar refractivity (Wildman–Crippen MR) is 121 cm³/mol. The normalized spacial score (nSPS) is 15.2. The number of likely N-dealkylation sites (tertiary alicyclic amines) is 1. The molecule has 0 radical (unpaired) electrons. The van der Waals surface area contributed by atoms with Crippen molar-refractivity contribution in [2.45, 2.75) is 39.2 Å². The van der Waals surface area contributed by atoms with E-state index in [1.54, 1.807) is 23.1 Å². The lowest BCUT2D eigenvalue weighted by molar-refractivity contribution is -0.124. The van der Waals surface area contributed by atoms with Gasteiger partial charge in [-0.05, 0) is 62.4 Å². The second kappa shape index (κ2) is 10.9. The highest BCUT2D eigenvalue weighted by Crippen LogP contribution is 2.23. The molecule has 6 nitrogen and oxygen atoms in total. The molecule has 2 N–H and O–H groups in total. The highest BCUT2D eigenvalue weighted by atomic mass is 19.1. The van der Waals surface area contributed by atoms with E-state index in [2.05, 4.69) is 10.6 Å². The van der Waals surface area contributed by atoms with Crippen molar-refractivity contribution >= 4 is 17.7 Å². The van der Waals surface area contributed by atoms with E-state index >= 15 is 0 Å². The first kappa shape index (κ1) is 23.4. The molecule has 170 valence electrons. The number of carbonyl (C=O) groups excluding carboxylic acids is 3. The summed E-state index contributed by atoms with van der Waals surface area (Å²) < 4.78 is 13.5. The molecule has 0 spiro atoms. The molecule has 2 aromatic rings. The standard InChI is InChI=1S/C25H30FN3O3/c1-3-12-27-24(31)22(28-23(30)19-7-4-6-17(2)15-19)18-10-13-29(14-11-18)25(32)20-8-5-9-21(26)16-20/h4-9,15-16,18,22H,3,10-14H2,1-2H3,(H,27,31)(H,28,30)/t22-/m0/s1. The van der Waals surface area contributed by atoms with Gasteiger partial charge >= 0.3 is 0 Å². The first-order valence-corrected chi connectivity index (χ1v) is 11.1. The van der Waals surface area contributed by atoms with Crippen molar-refractivity contribution in [3.8, 4) is 0 Å². The van der Waals surface area contributed by atoms with Crippen LogP contribution in [0.5, 0.6) is 0 Å². The van der Waals surface area contributed by atoms with Gasteiger partial charge in [-0.3, -0.25) is 14.4 Å². The van der Waals surface area contributed by atoms with Crippen LogP contribution in [0.25, 0.3) is 0 Å². The number of amides is 3. The molecule has 0 bridgehead atoms. The fourth-order valence-corrected chi connectivity index (χ4v) is 4.01. The van der Waals surface area contributed by atoms with Crippen LogP contribution in [-0.2, 0) is 4.79 Å². The Morgan fingerprint density at radius 3 is 2.41 bits per heavy atom. The van der Waals surface area contributed by atoms with Gasteiger partial charge in [0.2, 0.25) is 5.91 Å². The summed E-state index contributed by atoms with van der Waals surface area (Å²) in [6.07, 6.45) is 1.93. The number of nitrogens with one attached hydrogen (secondary N) is 2. The number of nitrogens with zero attached hydrogens (tertiary/aromatic N) is 1. The zero-order valence-electron chi connectivity index (χ0n) is 18.6. The van der Waals surface area contributed by atoms with Gasteiger partial charge < -0.3 is 15.5 Å². The molecule has 3 rings (SSSR count). The van der Waals surface area contributed by atoms with Crippen molar-refractivity contribution in [3.05, 3.63) is 71.0 Å². The minimum absolute atomic E-state index is 0.0998. The van der Waals surface area contributed by atoms with E-state index in [0.717, 1.165) is 12.0 Å². The molecule has 1 aliphatic heterocycles. The Bertz CT molecular complexity index is 970. The van der Waals surface area contributed by atoms with Gasteiger partial charge in [0.1, 0.15) is 11.9 Å². The highest BCUT2D eigenvalue weighted by molar-refractivity contribution is 5.98. The summed E-state index contributed by atoms with van der Waals surface area (Å²) in [6.45, 7) is 5.30. The number of hydrogen-bond donors (Lipinski definition) is 2. The molecule has 1 fully saturated rings. The van der Waals surface area contributed by atoms with Gasteiger partial charge in [-0.15, -0.1) is 0 Å². The zero-order chi connectivity index (χ0) is 23.1. The van der Waals surface area contributed by atoms with Crippen molar-refractivity contribution in [1.82, 2.24) is 15.5 Å². The molecule has 1 heterocycles. The summed E-state index contributed by atoms with van der Waals surface area (Å²) in [5.41, 5.74) is 1.79. The van der Waals surface area contributed by atoms with Crippen LogP contribution in [0.4, 0.5) is 4.39 Å². The van der Waals surface area contributed by atoms with Gasteiger partial charge in [0.25, 0.3) is 11.8 Å². The molecule has 7 heteroatoms. The van der Waals surface area contributed by atoms with Gasteiger partial charge in [0, 0.05) is 30.8 Å². The fourth-order valence-electron chi connectivity index (χ4n) is 4.01. The molecular weight excluding hydrogens is 409 g/mol. The lowest BCUT2D eigenvalue weighted by Gasteiger charge is -2.36. The van der Waals surface area contributed by atoms with E-state index in [0.29, 0.717) is 43.6 Å². The Balaban J connectivity index is 1.68. The van der Waals surface area contributed by atoms with Gasteiger partial charge in [-0.1, -0.05) is 30.7 Å². The summed E-state index contributed by atoms with van der Waals surface area (Å²) in [7, 11) is 0. The number of carbonyl (C=O) groups is 3. The number of rotatable bonds is 7. The van der Waals surface area contributed by atoms with Crippen LogP contribution in [0, 0.1) is 18.7 Å². The van der Waals surface area contributed by atoms with Gasteiger partial charge in [-0.25, -0.2) is 4.39 Å². The van der Waals surface area contributed by atoms with Crippen LogP contribution in [0.2, 0.25) is 0 Å². The summed E-state index contributed by atoms with van der Waals surface area (Å²) in [4.78, 5) is 40.1. The number of piperidine rings is 1. The van der Waals surface area contributed by atoms with E-state index in [1.165, 1.54) is 18.2 Å². The average molecular weight is 440 g/mol. The molecule has 0 saturated carbocycles. The van der Waals surface area contributed by atoms with E-state index < -0.39 is 11.9 Å². The number of hydrogen-bond acceptors (Lipinski definition) is 3. The quantitative estimate of drug-likeness (QED) is 0.695. The second-order valence-electron chi connectivity index (χ2n) is 8.25. The number of halogens is 1. The SMILES string of the molecule is CCCNC(=O)[C@@H](NC(=O)c1cccc(C)c1)C1CCN(C(=O)c2cccc(F)c2)CC1. The molecular formula is C25H30FN3O3. The van der Waals surface area contributed by atoms with Crippen LogP contribution in [0.3, 0.4) is 0 Å². The molecule has 0 unspecified atom stereocenters. The first-order chi connectivity index (χ1) is 15.4. The third-order valence-electron chi connectivity index (χ3n) is 5.77. The Morgan fingerprint density at radius 1 is 1.06 bits per heavy atom. The molecule has 0 aromatic heterocycles. The summed E-state index contributed by atoms with van der Waals surface area (Å²) >= 11 is 0. The third kappa shape index (κ3) is 5.93. The summed E-state index contributed by atoms with van der Waals surface area (Å²) in [5.74, 6) is -1.26. The molecule has 0 aliphatic carbocycles. The average Bonchev–Trinajstić information content (AvgIpc) is 2.80. The molecule has 32 heavy (non-hydrogen) atoms. The molecule has 1 saturated heterocycles. The summed E-state index contributed by atoms with van der Waals surface area (Å²) in [5, 5.41) is 5.81. The van der Waals surface area contributed by atoms with Crippen molar-refractivity contribution in [1.29, 1.82) is 0 Å². The zero-order valence-corrected chi connectivity index (χ0v) is 18.6. The van der Waals surface area contributed by atoms with Crippen LogP contribution < -0.4 is 10.6 Å². The topological polar surface area (TPSA) is 78.5 Å². The Kier molecular flexibility index (Phi) is 7.98. The molecule has 1 aliphatic rings. The predicted octanol–water partition coefficient (Wildman–Crippen LogP) is 3.31. The lowest BCUT2D eigenvalue weighted by atomic mass is 9.88. The van der Waals surface area contributed by atoms with E-state index in [1.807, 2.05) is 26.0 Å². The highest BCUT2D eigenvalue weighted by Gasteiger charge is 2.34. The third-order valence-corrected chi connectivity index (χ3v) is 5.77. The Hall–Kier alpha value is -3.22. The Labute approximate surface area is 188 Å². The Morgan fingerprint density at radius 2 is 1.75 bits per heavy atom. The van der Waals surface area contributed by atoms with E-state index in [-0.39, 0.29) is 23.6 Å². The summed E-state index contributed by atoms with van der Waals surface area (Å²) in [6, 6.07) is 12.2. The monoisotopic (exact) mass is 439 g/mol. The van der Waals surface area contributed by atoms with E-state index in [9.17, 15) is 18.8 Å². The smallest absolute Gasteiger partial charge is 0.253 e. The van der Waals surface area contributed by atoms with Crippen molar-refractivity contribution in [3.63, 3.8) is 0 Å². The van der Waals surface area contributed by atoms with Crippen molar-refractivity contribution < 1.29 is 18.8 Å². The minimum Gasteiger partial charge on any atom is -0.354 e. The van der Waals surface area contributed by atoms with Crippen LogP contribution >= 0.6 is 0 Å².